The van der Waals surface area contributed by atoms with Gasteiger partial charge in [0, 0.05) is 10.6 Å². The Hall–Kier alpha value is -3.05. The molecule has 31 heavy (non-hydrogen) atoms. The third-order valence-corrected chi connectivity index (χ3v) is 6.59. The number of nitrogens with zero attached hydrogens (tertiary/aromatic N) is 3. The summed E-state index contributed by atoms with van der Waals surface area (Å²) in [5.41, 5.74) is 2.55. The second-order valence-corrected chi connectivity index (χ2v) is 8.83. The van der Waals surface area contributed by atoms with E-state index in [2.05, 4.69) is 11.1 Å². The number of carbonyl (C=O) groups is 1. The molecule has 0 bridgehead atoms. The number of methoxy groups -OCH3 is 1. The third-order valence-electron chi connectivity index (χ3n) is 4.47. The first-order valence-corrected chi connectivity index (χ1v) is 11.5. The average molecular weight is 466 g/mol. The summed E-state index contributed by atoms with van der Waals surface area (Å²) in [4.78, 5) is 20.4. The van der Waals surface area contributed by atoms with Crippen molar-refractivity contribution in [2.45, 2.75) is 5.75 Å². The summed E-state index contributed by atoms with van der Waals surface area (Å²) in [5.74, 6) is 0.877. The second-order valence-electron chi connectivity index (χ2n) is 6.50. The van der Waals surface area contributed by atoms with E-state index in [-0.39, 0.29) is 5.91 Å². The lowest BCUT2D eigenvalue weighted by atomic mass is 10.2. The van der Waals surface area contributed by atoms with E-state index in [4.69, 9.17) is 21.6 Å². The van der Waals surface area contributed by atoms with Crippen molar-refractivity contribution in [3.63, 3.8) is 0 Å². The Bertz CT molecular complexity index is 1230. The van der Waals surface area contributed by atoms with Crippen molar-refractivity contribution in [2.24, 2.45) is 4.99 Å². The van der Waals surface area contributed by atoms with Crippen molar-refractivity contribution in [1.82, 2.24) is 0 Å². The predicted octanol–water partition coefficient (Wildman–Crippen LogP) is 5.96. The summed E-state index contributed by atoms with van der Waals surface area (Å²) in [6.45, 7) is 0. The number of hydrogen-bond donors (Lipinski definition) is 0. The highest BCUT2D eigenvalue weighted by atomic mass is 35.5. The van der Waals surface area contributed by atoms with Crippen LogP contribution in [0, 0.1) is 11.3 Å². The standard InChI is InChI=1S/C23H16ClN3O2S2/c1-29-21-8-7-17(11-19(21)24)27-22(28)20(12-18-6-3-9-30-18)26-23(27)31-14-16-5-2-4-15(10-16)13-25/h2-12H,14H2,1H3/b20-12+. The van der Waals surface area contributed by atoms with Gasteiger partial charge in [-0.25, -0.2) is 4.99 Å². The van der Waals surface area contributed by atoms with Crippen LogP contribution in [0.2, 0.25) is 5.02 Å². The van der Waals surface area contributed by atoms with Crippen molar-refractivity contribution in [1.29, 1.82) is 5.26 Å². The van der Waals surface area contributed by atoms with Crippen LogP contribution in [0.5, 0.6) is 5.75 Å². The van der Waals surface area contributed by atoms with Crippen LogP contribution >= 0.6 is 34.7 Å². The molecule has 2 aromatic carbocycles. The number of ether oxygens (including phenoxy) is 1. The number of rotatable bonds is 5. The number of amides is 1. The second kappa shape index (κ2) is 9.40. The number of benzene rings is 2. The Labute approximate surface area is 193 Å². The average Bonchev–Trinajstić information content (AvgIpc) is 3.40. The van der Waals surface area contributed by atoms with Crippen molar-refractivity contribution in [3.05, 3.63) is 86.7 Å². The van der Waals surface area contributed by atoms with Crippen LogP contribution < -0.4 is 9.64 Å². The molecule has 0 saturated heterocycles. The molecule has 5 nitrogen and oxygen atoms in total. The minimum Gasteiger partial charge on any atom is -0.495 e. The van der Waals surface area contributed by atoms with E-state index in [1.165, 1.54) is 11.8 Å². The van der Waals surface area contributed by atoms with Crippen molar-refractivity contribution in [3.8, 4) is 11.8 Å². The fraction of sp³-hybridized carbons (Fsp3) is 0.0870. The number of nitriles is 1. The molecule has 2 heterocycles. The van der Waals surface area contributed by atoms with Gasteiger partial charge in [0.1, 0.15) is 11.4 Å². The van der Waals surface area contributed by atoms with E-state index < -0.39 is 0 Å². The van der Waals surface area contributed by atoms with Crippen molar-refractivity contribution < 1.29 is 9.53 Å². The summed E-state index contributed by atoms with van der Waals surface area (Å²) in [7, 11) is 1.54. The molecule has 0 saturated carbocycles. The van der Waals surface area contributed by atoms with Gasteiger partial charge in [-0.2, -0.15) is 5.26 Å². The van der Waals surface area contributed by atoms with Crippen LogP contribution in [0.3, 0.4) is 0 Å². The van der Waals surface area contributed by atoms with Gasteiger partial charge in [-0.15, -0.1) is 11.3 Å². The molecule has 4 rings (SSSR count). The highest BCUT2D eigenvalue weighted by molar-refractivity contribution is 8.13. The molecule has 0 N–H and O–H groups in total. The maximum Gasteiger partial charge on any atom is 0.283 e. The van der Waals surface area contributed by atoms with E-state index in [1.807, 2.05) is 35.7 Å². The molecular weight excluding hydrogens is 450 g/mol. The topological polar surface area (TPSA) is 65.7 Å². The van der Waals surface area contributed by atoms with Crippen LogP contribution in [0.15, 0.2) is 70.7 Å². The van der Waals surface area contributed by atoms with Crippen LogP contribution in [0.1, 0.15) is 16.0 Å². The normalized spacial score (nSPS) is 14.6. The Kier molecular flexibility index (Phi) is 6.42. The lowest BCUT2D eigenvalue weighted by Crippen LogP contribution is -2.30. The summed E-state index contributed by atoms with van der Waals surface area (Å²) in [5, 5.41) is 12.0. The van der Waals surface area contributed by atoms with E-state index in [1.54, 1.807) is 53.7 Å². The summed E-state index contributed by atoms with van der Waals surface area (Å²) in [6, 6.07) is 18.6. The molecule has 1 amide bonds. The van der Waals surface area contributed by atoms with Crippen molar-refractivity contribution in [2.75, 3.05) is 12.0 Å². The highest BCUT2D eigenvalue weighted by Gasteiger charge is 2.32. The lowest BCUT2D eigenvalue weighted by molar-refractivity contribution is -0.113. The number of aliphatic imine (C=N–C) groups is 1. The summed E-state index contributed by atoms with van der Waals surface area (Å²) >= 11 is 9.28. The SMILES string of the molecule is COc1ccc(N2C(=O)/C(=C\c3cccs3)N=C2SCc2cccc(C#N)c2)cc1Cl. The van der Waals surface area contributed by atoms with Crippen LogP contribution in [0.25, 0.3) is 6.08 Å². The zero-order valence-electron chi connectivity index (χ0n) is 16.4. The van der Waals surface area contributed by atoms with Gasteiger partial charge >= 0.3 is 0 Å². The van der Waals surface area contributed by atoms with E-state index in [0.29, 0.717) is 38.6 Å². The quantitative estimate of drug-likeness (QED) is 0.436. The zero-order valence-corrected chi connectivity index (χ0v) is 18.8. The molecule has 1 aliphatic heterocycles. The van der Waals surface area contributed by atoms with Gasteiger partial charge in [-0.05, 0) is 53.4 Å². The van der Waals surface area contributed by atoms with Crippen LogP contribution in [-0.4, -0.2) is 18.2 Å². The summed E-state index contributed by atoms with van der Waals surface area (Å²) < 4.78 is 5.23. The molecular formula is C23H16ClN3O2S2. The molecule has 0 spiro atoms. The zero-order chi connectivity index (χ0) is 21.8. The fourth-order valence-corrected chi connectivity index (χ4v) is 4.86. The molecule has 3 aromatic rings. The Morgan fingerprint density at radius 3 is 2.84 bits per heavy atom. The number of thiophene rings is 1. The number of anilines is 1. The Morgan fingerprint density at radius 1 is 1.26 bits per heavy atom. The molecule has 0 fully saturated rings. The molecule has 1 aromatic heterocycles. The Morgan fingerprint density at radius 2 is 2.13 bits per heavy atom. The van der Waals surface area contributed by atoms with E-state index in [9.17, 15) is 4.79 Å². The van der Waals surface area contributed by atoms with Gasteiger partial charge in [-0.1, -0.05) is 41.6 Å². The number of hydrogen-bond acceptors (Lipinski definition) is 6. The van der Waals surface area contributed by atoms with Crippen LogP contribution in [-0.2, 0) is 10.5 Å². The number of thioether (sulfide) groups is 1. The van der Waals surface area contributed by atoms with Gasteiger partial charge in [0.2, 0.25) is 0 Å². The summed E-state index contributed by atoms with van der Waals surface area (Å²) in [6.07, 6.45) is 1.79. The monoisotopic (exact) mass is 465 g/mol. The third kappa shape index (κ3) is 4.67. The van der Waals surface area contributed by atoms with Crippen LogP contribution in [0.4, 0.5) is 5.69 Å². The number of carbonyl (C=O) groups excluding carboxylic acids is 1. The number of halogens is 1. The van der Waals surface area contributed by atoms with Crippen molar-refractivity contribution >= 4 is 57.5 Å². The number of amidine groups is 1. The predicted molar refractivity (Wildman–Crippen MR) is 128 cm³/mol. The molecule has 154 valence electrons. The first-order chi connectivity index (χ1) is 15.1. The fourth-order valence-electron chi connectivity index (χ4n) is 3.00. The minimum absolute atomic E-state index is 0.220. The molecule has 0 radical (unpaired) electrons. The largest absolute Gasteiger partial charge is 0.495 e. The Balaban J connectivity index is 1.67. The van der Waals surface area contributed by atoms with Gasteiger partial charge in [0.15, 0.2) is 5.17 Å². The first-order valence-electron chi connectivity index (χ1n) is 9.23. The molecule has 0 aliphatic carbocycles. The smallest absolute Gasteiger partial charge is 0.283 e. The lowest BCUT2D eigenvalue weighted by Gasteiger charge is -2.18. The van der Waals surface area contributed by atoms with Gasteiger partial charge < -0.3 is 4.74 Å². The first kappa shape index (κ1) is 21.2. The van der Waals surface area contributed by atoms with E-state index >= 15 is 0 Å². The minimum atomic E-state index is -0.220. The molecule has 8 heteroatoms. The molecule has 0 atom stereocenters. The maximum atomic E-state index is 13.2. The van der Waals surface area contributed by atoms with E-state index in [0.717, 1.165) is 10.4 Å². The maximum absolute atomic E-state index is 13.2. The molecule has 0 unspecified atom stereocenters. The van der Waals surface area contributed by atoms with Gasteiger partial charge in [-0.3, -0.25) is 9.69 Å². The van der Waals surface area contributed by atoms with Gasteiger partial charge in [0.25, 0.3) is 5.91 Å². The molecule has 1 aliphatic rings. The van der Waals surface area contributed by atoms with Gasteiger partial charge in [0.05, 0.1) is 29.5 Å². The highest BCUT2D eigenvalue weighted by Crippen LogP contribution is 2.35.